The minimum Gasteiger partial charge on any atom is -0.335 e. The number of carbonyl (C=O) groups excluding carboxylic acids is 2. The van der Waals surface area contributed by atoms with Gasteiger partial charge in [-0.1, -0.05) is 0 Å². The summed E-state index contributed by atoms with van der Waals surface area (Å²) in [4.78, 5) is 44.5. The fourth-order valence-corrected chi connectivity index (χ4v) is 4.57. The van der Waals surface area contributed by atoms with Crippen molar-refractivity contribution in [2.24, 2.45) is 16.8 Å². The molecule has 154 valence electrons. The van der Waals surface area contributed by atoms with E-state index in [-0.39, 0.29) is 31.0 Å². The van der Waals surface area contributed by atoms with Gasteiger partial charge in [0.1, 0.15) is 0 Å². The Balaban J connectivity index is 0.00000300. The van der Waals surface area contributed by atoms with Gasteiger partial charge in [0.05, 0.1) is 6.04 Å². The molecule has 3 N–H and O–H groups in total. The number of hydrogen-bond acceptors (Lipinski definition) is 5. The van der Waals surface area contributed by atoms with Crippen LogP contribution in [0.2, 0.25) is 0 Å². The molecular weight excluding hydrogens is 358 g/mol. The SMILES string of the molecule is Cc1cc(=O)[nH]c(NC(=O)NC2CCC(CC3CCC(N=C=O)CC3)CC2)n1.[HH]. The summed E-state index contributed by atoms with van der Waals surface area (Å²) in [6, 6.07) is 1.40. The van der Waals surface area contributed by atoms with Gasteiger partial charge >= 0.3 is 6.03 Å². The summed E-state index contributed by atoms with van der Waals surface area (Å²) in [5.41, 5.74) is 0.279. The minimum absolute atomic E-state index is 0. The monoisotopic (exact) mass is 389 g/mol. The number of amides is 2. The molecule has 2 amide bonds. The summed E-state index contributed by atoms with van der Waals surface area (Å²) >= 11 is 0. The first-order chi connectivity index (χ1) is 13.5. The van der Waals surface area contributed by atoms with Crippen LogP contribution in [0.25, 0.3) is 0 Å². The first-order valence-corrected chi connectivity index (χ1v) is 10.2. The number of nitrogens with zero attached hydrogens (tertiary/aromatic N) is 2. The van der Waals surface area contributed by atoms with Crippen molar-refractivity contribution in [3.63, 3.8) is 0 Å². The van der Waals surface area contributed by atoms with Gasteiger partial charge in [0.2, 0.25) is 12.0 Å². The van der Waals surface area contributed by atoms with Gasteiger partial charge in [0.15, 0.2) is 0 Å². The number of urea groups is 1. The normalized spacial score (nSPS) is 27.5. The molecule has 0 spiro atoms. The van der Waals surface area contributed by atoms with E-state index in [0.717, 1.165) is 57.3 Å². The molecule has 3 rings (SSSR count). The number of hydrogen-bond donors (Lipinski definition) is 3. The minimum atomic E-state index is -0.328. The lowest BCUT2D eigenvalue weighted by molar-refractivity contribution is 0.211. The van der Waals surface area contributed by atoms with E-state index in [1.165, 1.54) is 12.5 Å². The number of anilines is 1. The molecule has 0 bridgehead atoms. The second-order valence-corrected chi connectivity index (χ2v) is 8.18. The smallest absolute Gasteiger partial charge is 0.321 e. The molecular formula is C20H31N5O3. The third kappa shape index (κ3) is 6.02. The first-order valence-electron chi connectivity index (χ1n) is 10.2. The molecule has 0 atom stereocenters. The van der Waals surface area contributed by atoms with Gasteiger partial charge in [-0.2, -0.15) is 0 Å². The Morgan fingerprint density at radius 1 is 1.21 bits per heavy atom. The average Bonchev–Trinajstić information content (AvgIpc) is 2.64. The lowest BCUT2D eigenvalue weighted by atomic mass is 9.76. The Bertz CT molecular complexity index is 777. The van der Waals surface area contributed by atoms with Crippen molar-refractivity contribution in [1.82, 2.24) is 15.3 Å². The number of nitrogens with one attached hydrogen (secondary N) is 3. The van der Waals surface area contributed by atoms with E-state index in [0.29, 0.717) is 11.6 Å². The Hall–Kier alpha value is -2.47. The number of rotatable bonds is 5. The van der Waals surface area contributed by atoms with Crippen LogP contribution in [0.3, 0.4) is 0 Å². The lowest BCUT2D eigenvalue weighted by Gasteiger charge is -2.33. The Morgan fingerprint density at radius 3 is 2.46 bits per heavy atom. The van der Waals surface area contributed by atoms with E-state index in [4.69, 9.17) is 0 Å². The quantitative estimate of drug-likeness (QED) is 0.529. The largest absolute Gasteiger partial charge is 0.335 e. The van der Waals surface area contributed by atoms with E-state index >= 15 is 0 Å². The van der Waals surface area contributed by atoms with Gasteiger partial charge in [-0.15, -0.1) is 0 Å². The molecule has 0 aliphatic heterocycles. The van der Waals surface area contributed by atoms with E-state index in [2.05, 4.69) is 25.6 Å². The molecule has 28 heavy (non-hydrogen) atoms. The molecule has 0 aromatic carbocycles. The molecule has 2 fully saturated rings. The van der Waals surface area contributed by atoms with E-state index < -0.39 is 0 Å². The number of carbonyl (C=O) groups is 1. The maximum Gasteiger partial charge on any atom is 0.321 e. The maximum atomic E-state index is 12.2. The van der Waals surface area contributed by atoms with Gasteiger partial charge in [-0.25, -0.2) is 19.6 Å². The maximum absolute atomic E-state index is 12.2. The summed E-state index contributed by atoms with van der Waals surface area (Å²) in [5, 5.41) is 5.60. The number of H-pyrrole nitrogens is 1. The summed E-state index contributed by atoms with van der Waals surface area (Å²) in [7, 11) is 0. The summed E-state index contributed by atoms with van der Waals surface area (Å²) < 4.78 is 0. The van der Waals surface area contributed by atoms with Crippen molar-refractivity contribution in [3.05, 3.63) is 22.1 Å². The Labute approximate surface area is 166 Å². The molecule has 2 aliphatic rings. The highest BCUT2D eigenvalue weighted by Crippen LogP contribution is 2.36. The highest BCUT2D eigenvalue weighted by atomic mass is 16.2. The first kappa shape index (κ1) is 20.3. The third-order valence-corrected chi connectivity index (χ3v) is 6.00. The molecule has 0 unspecified atom stereocenters. The predicted molar refractivity (Wildman–Crippen MR) is 108 cm³/mol. The molecule has 2 saturated carbocycles. The molecule has 1 aromatic heterocycles. The Kier molecular flexibility index (Phi) is 6.98. The number of aliphatic imine (C=N–C) groups is 1. The number of aromatic amines is 1. The van der Waals surface area contributed by atoms with Crippen LogP contribution in [0.15, 0.2) is 15.9 Å². The van der Waals surface area contributed by atoms with Gasteiger partial charge in [0, 0.05) is 19.2 Å². The second-order valence-electron chi connectivity index (χ2n) is 8.18. The van der Waals surface area contributed by atoms with Crippen LogP contribution < -0.4 is 16.2 Å². The van der Waals surface area contributed by atoms with Crippen LogP contribution >= 0.6 is 0 Å². The number of aryl methyl sites for hydroxylation is 1. The fraction of sp³-hybridized carbons (Fsp3) is 0.700. The predicted octanol–water partition coefficient (Wildman–Crippen LogP) is 3.29. The van der Waals surface area contributed by atoms with Gasteiger partial charge in [0.25, 0.3) is 5.56 Å². The fourth-order valence-electron chi connectivity index (χ4n) is 4.57. The molecule has 0 radical (unpaired) electrons. The summed E-state index contributed by atoms with van der Waals surface area (Å²) in [5.74, 6) is 1.62. The molecule has 1 heterocycles. The average molecular weight is 390 g/mol. The van der Waals surface area contributed by atoms with Crippen LogP contribution in [0.1, 0.15) is 64.9 Å². The van der Waals surface area contributed by atoms with Crippen molar-refractivity contribution < 1.29 is 11.0 Å². The van der Waals surface area contributed by atoms with Crippen LogP contribution in [0.4, 0.5) is 10.7 Å². The van der Waals surface area contributed by atoms with Gasteiger partial charge < -0.3 is 5.32 Å². The molecule has 8 heteroatoms. The van der Waals surface area contributed by atoms with Crippen molar-refractivity contribution in [2.45, 2.75) is 76.8 Å². The van der Waals surface area contributed by atoms with E-state index in [1.807, 2.05) is 0 Å². The zero-order valence-electron chi connectivity index (χ0n) is 16.4. The molecule has 0 saturated heterocycles. The molecule has 2 aliphatic carbocycles. The van der Waals surface area contributed by atoms with E-state index in [9.17, 15) is 14.4 Å². The number of isocyanates is 1. The zero-order valence-corrected chi connectivity index (χ0v) is 16.4. The van der Waals surface area contributed by atoms with Crippen molar-refractivity contribution in [3.8, 4) is 0 Å². The van der Waals surface area contributed by atoms with Gasteiger partial charge in [-0.05, 0) is 76.5 Å². The van der Waals surface area contributed by atoms with Crippen LogP contribution in [-0.4, -0.2) is 34.2 Å². The topological polar surface area (TPSA) is 116 Å². The standard InChI is InChI=1S/C20H29N5O3.H2/c1-13-10-18(27)24-19(22-13)25-20(28)23-17-8-4-15(5-9-17)11-14-2-6-16(7-3-14)21-12-26;/h10,14-17H,2-9,11H2,1H3,(H3,22,23,24,25,27,28);1H. The van der Waals surface area contributed by atoms with E-state index in [1.54, 1.807) is 13.0 Å². The van der Waals surface area contributed by atoms with Crippen LogP contribution in [0, 0.1) is 18.8 Å². The highest BCUT2D eigenvalue weighted by molar-refractivity contribution is 5.87. The second kappa shape index (κ2) is 9.64. The van der Waals surface area contributed by atoms with Crippen LogP contribution in [0.5, 0.6) is 0 Å². The number of aromatic nitrogens is 2. The van der Waals surface area contributed by atoms with Crippen molar-refractivity contribution in [2.75, 3.05) is 5.32 Å². The summed E-state index contributed by atoms with van der Waals surface area (Å²) in [6.45, 7) is 1.71. The van der Waals surface area contributed by atoms with Crippen LogP contribution in [-0.2, 0) is 4.79 Å². The van der Waals surface area contributed by atoms with Crippen molar-refractivity contribution >= 4 is 18.1 Å². The van der Waals surface area contributed by atoms with Gasteiger partial charge in [-0.3, -0.25) is 15.1 Å². The zero-order chi connectivity index (χ0) is 19.9. The Morgan fingerprint density at radius 2 is 1.86 bits per heavy atom. The highest BCUT2D eigenvalue weighted by Gasteiger charge is 2.27. The van der Waals surface area contributed by atoms with Crippen molar-refractivity contribution in [1.29, 1.82) is 0 Å². The molecule has 8 nitrogen and oxygen atoms in total. The molecule has 1 aromatic rings. The third-order valence-electron chi connectivity index (χ3n) is 6.00. The summed E-state index contributed by atoms with van der Waals surface area (Å²) in [6.07, 6.45) is 11.4. The lowest BCUT2D eigenvalue weighted by Crippen LogP contribution is -2.40.